The molecule has 19 heavy (non-hydrogen) atoms. The van der Waals surface area contributed by atoms with Gasteiger partial charge in [0.05, 0.1) is 7.11 Å². The summed E-state index contributed by atoms with van der Waals surface area (Å²) in [6.45, 7) is 2.30. The van der Waals surface area contributed by atoms with Crippen molar-refractivity contribution >= 4 is 23.3 Å². The Morgan fingerprint density at radius 1 is 1.21 bits per heavy atom. The number of nitrogen functional groups attached to an aromatic ring is 2. The van der Waals surface area contributed by atoms with Crippen LogP contribution in [0.3, 0.4) is 0 Å². The number of methoxy groups -OCH3 is 1. The van der Waals surface area contributed by atoms with Crippen molar-refractivity contribution < 1.29 is 14.3 Å². The number of hydrogen-bond acceptors (Lipinski definition) is 5. The van der Waals surface area contributed by atoms with Crippen molar-refractivity contribution in [2.45, 2.75) is 13.3 Å². The standard InChI is InChI=1S/C13H19N3O3/c1-3-4-16(8-12(17)19-2)13(18)9-5-10(14)7-11(15)6-9/h5-7H,3-4,8,14-15H2,1-2H3. The molecule has 1 amide bonds. The van der Waals surface area contributed by atoms with Crippen LogP contribution in [-0.2, 0) is 9.53 Å². The minimum atomic E-state index is -0.460. The molecule has 0 spiro atoms. The van der Waals surface area contributed by atoms with Gasteiger partial charge in [0.2, 0.25) is 0 Å². The Labute approximate surface area is 112 Å². The summed E-state index contributed by atoms with van der Waals surface area (Å²) < 4.78 is 4.58. The molecule has 0 unspecified atom stereocenters. The number of hydrogen-bond donors (Lipinski definition) is 2. The molecule has 1 aromatic carbocycles. The van der Waals surface area contributed by atoms with Crippen LogP contribution in [0, 0.1) is 0 Å². The van der Waals surface area contributed by atoms with Crippen LogP contribution in [0.15, 0.2) is 18.2 Å². The number of nitrogens with zero attached hydrogens (tertiary/aromatic N) is 1. The number of rotatable bonds is 5. The Kier molecular flexibility index (Phi) is 5.17. The van der Waals surface area contributed by atoms with E-state index < -0.39 is 5.97 Å². The summed E-state index contributed by atoms with van der Waals surface area (Å²) in [5, 5.41) is 0. The quantitative estimate of drug-likeness (QED) is 0.608. The molecule has 1 aromatic rings. The van der Waals surface area contributed by atoms with Gasteiger partial charge in [-0.2, -0.15) is 0 Å². The Hall–Kier alpha value is -2.24. The molecule has 0 heterocycles. The summed E-state index contributed by atoms with van der Waals surface area (Å²) in [6, 6.07) is 4.65. The monoisotopic (exact) mass is 265 g/mol. The lowest BCUT2D eigenvalue weighted by atomic mass is 10.1. The van der Waals surface area contributed by atoms with Gasteiger partial charge in [-0.05, 0) is 24.6 Å². The van der Waals surface area contributed by atoms with E-state index >= 15 is 0 Å². The summed E-state index contributed by atoms with van der Waals surface area (Å²) in [7, 11) is 1.29. The molecule has 0 saturated heterocycles. The van der Waals surface area contributed by atoms with Gasteiger partial charge in [0.25, 0.3) is 5.91 Å². The Morgan fingerprint density at radius 3 is 2.26 bits per heavy atom. The van der Waals surface area contributed by atoms with E-state index in [4.69, 9.17) is 11.5 Å². The molecule has 0 aliphatic carbocycles. The lowest BCUT2D eigenvalue weighted by Crippen LogP contribution is -2.36. The Bertz CT molecular complexity index is 454. The highest BCUT2D eigenvalue weighted by atomic mass is 16.5. The number of amides is 1. The van der Waals surface area contributed by atoms with Crippen molar-refractivity contribution in [2.75, 3.05) is 31.7 Å². The van der Waals surface area contributed by atoms with E-state index in [1.807, 2.05) is 6.92 Å². The first-order chi connectivity index (χ1) is 8.97. The first kappa shape index (κ1) is 14.8. The second kappa shape index (κ2) is 6.63. The molecule has 104 valence electrons. The second-order valence-electron chi connectivity index (χ2n) is 4.19. The summed E-state index contributed by atoms with van der Waals surface area (Å²) in [4.78, 5) is 25.0. The molecular weight excluding hydrogens is 246 g/mol. The summed E-state index contributed by atoms with van der Waals surface area (Å²) >= 11 is 0. The maximum Gasteiger partial charge on any atom is 0.325 e. The molecular formula is C13H19N3O3. The minimum Gasteiger partial charge on any atom is -0.468 e. The van der Waals surface area contributed by atoms with Crippen molar-refractivity contribution in [1.82, 2.24) is 4.90 Å². The fourth-order valence-corrected chi connectivity index (χ4v) is 1.73. The van der Waals surface area contributed by atoms with Gasteiger partial charge >= 0.3 is 5.97 Å². The van der Waals surface area contributed by atoms with Crippen LogP contribution < -0.4 is 11.5 Å². The minimum absolute atomic E-state index is 0.0854. The molecule has 0 saturated carbocycles. The zero-order valence-electron chi connectivity index (χ0n) is 11.2. The number of esters is 1. The molecule has 0 aliphatic rings. The van der Waals surface area contributed by atoms with Gasteiger partial charge in [0.1, 0.15) is 6.54 Å². The molecule has 6 nitrogen and oxygen atoms in total. The van der Waals surface area contributed by atoms with E-state index in [1.165, 1.54) is 12.0 Å². The van der Waals surface area contributed by atoms with E-state index in [0.717, 1.165) is 6.42 Å². The number of ether oxygens (including phenoxy) is 1. The topological polar surface area (TPSA) is 98.6 Å². The molecule has 4 N–H and O–H groups in total. The lowest BCUT2D eigenvalue weighted by molar-refractivity contribution is -0.141. The predicted molar refractivity (Wildman–Crippen MR) is 73.5 cm³/mol. The van der Waals surface area contributed by atoms with E-state index in [-0.39, 0.29) is 12.5 Å². The normalized spacial score (nSPS) is 10.0. The summed E-state index contributed by atoms with van der Waals surface area (Å²) in [6.07, 6.45) is 0.737. The highest BCUT2D eigenvalue weighted by molar-refractivity contribution is 5.97. The highest BCUT2D eigenvalue weighted by Gasteiger charge is 2.19. The van der Waals surface area contributed by atoms with Crippen LogP contribution in [0.4, 0.5) is 11.4 Å². The van der Waals surface area contributed by atoms with E-state index in [9.17, 15) is 9.59 Å². The van der Waals surface area contributed by atoms with Gasteiger partial charge in [0.15, 0.2) is 0 Å². The largest absolute Gasteiger partial charge is 0.468 e. The van der Waals surface area contributed by atoms with Crippen LogP contribution >= 0.6 is 0 Å². The molecule has 0 radical (unpaired) electrons. The molecule has 1 rings (SSSR count). The van der Waals surface area contributed by atoms with E-state index in [2.05, 4.69) is 4.74 Å². The van der Waals surface area contributed by atoms with Crippen molar-refractivity contribution in [3.05, 3.63) is 23.8 Å². The lowest BCUT2D eigenvalue weighted by Gasteiger charge is -2.21. The first-order valence-electron chi connectivity index (χ1n) is 6.00. The number of benzene rings is 1. The molecule has 0 fully saturated rings. The Morgan fingerprint density at radius 2 is 1.79 bits per heavy atom. The smallest absolute Gasteiger partial charge is 0.325 e. The average molecular weight is 265 g/mol. The van der Waals surface area contributed by atoms with Gasteiger partial charge in [-0.25, -0.2) is 0 Å². The Balaban J connectivity index is 2.94. The molecule has 0 aliphatic heterocycles. The van der Waals surface area contributed by atoms with E-state index in [0.29, 0.717) is 23.5 Å². The first-order valence-corrected chi connectivity index (χ1v) is 6.00. The maximum atomic E-state index is 12.3. The van der Waals surface area contributed by atoms with Crippen LogP contribution in [-0.4, -0.2) is 37.0 Å². The molecule has 0 atom stereocenters. The molecule has 6 heteroatoms. The van der Waals surface area contributed by atoms with Crippen LogP contribution in [0.25, 0.3) is 0 Å². The van der Waals surface area contributed by atoms with Gasteiger partial charge in [-0.3, -0.25) is 9.59 Å². The third kappa shape index (κ3) is 4.17. The van der Waals surface area contributed by atoms with Gasteiger partial charge in [-0.1, -0.05) is 6.92 Å². The zero-order chi connectivity index (χ0) is 14.4. The predicted octanol–water partition coefficient (Wildman–Crippen LogP) is 0.876. The molecule has 0 bridgehead atoms. The number of anilines is 2. The van der Waals surface area contributed by atoms with Crippen LogP contribution in [0.1, 0.15) is 23.7 Å². The van der Waals surface area contributed by atoms with Gasteiger partial charge in [0, 0.05) is 23.5 Å². The van der Waals surface area contributed by atoms with Crippen molar-refractivity contribution in [2.24, 2.45) is 0 Å². The van der Waals surface area contributed by atoms with Crippen LogP contribution in [0.2, 0.25) is 0 Å². The van der Waals surface area contributed by atoms with Gasteiger partial charge in [-0.15, -0.1) is 0 Å². The van der Waals surface area contributed by atoms with Gasteiger partial charge < -0.3 is 21.1 Å². The second-order valence-corrected chi connectivity index (χ2v) is 4.19. The van der Waals surface area contributed by atoms with Crippen LogP contribution in [0.5, 0.6) is 0 Å². The summed E-state index contributed by atoms with van der Waals surface area (Å²) in [5.74, 6) is -0.745. The fraction of sp³-hybridized carbons (Fsp3) is 0.385. The average Bonchev–Trinajstić information content (AvgIpc) is 2.36. The highest BCUT2D eigenvalue weighted by Crippen LogP contribution is 2.15. The molecule has 0 aromatic heterocycles. The van der Waals surface area contributed by atoms with Crippen molar-refractivity contribution in [3.63, 3.8) is 0 Å². The van der Waals surface area contributed by atoms with Crippen molar-refractivity contribution in [1.29, 1.82) is 0 Å². The third-order valence-corrected chi connectivity index (χ3v) is 2.55. The summed E-state index contributed by atoms with van der Waals surface area (Å²) in [5.41, 5.74) is 12.5. The number of carbonyl (C=O) groups excluding carboxylic acids is 2. The zero-order valence-corrected chi connectivity index (χ0v) is 11.2. The SMILES string of the molecule is CCCN(CC(=O)OC)C(=O)c1cc(N)cc(N)c1. The number of nitrogens with two attached hydrogens (primary N) is 2. The van der Waals surface area contributed by atoms with E-state index in [1.54, 1.807) is 18.2 Å². The maximum absolute atomic E-state index is 12.3. The fourth-order valence-electron chi connectivity index (χ4n) is 1.73. The van der Waals surface area contributed by atoms with Crippen molar-refractivity contribution in [3.8, 4) is 0 Å². The third-order valence-electron chi connectivity index (χ3n) is 2.55. The number of carbonyl (C=O) groups is 2.